The molecule has 0 atom stereocenters. The molecule has 1 aliphatic rings. The minimum Gasteiger partial charge on any atom is -0.355 e. The summed E-state index contributed by atoms with van der Waals surface area (Å²) in [7, 11) is 0. The van der Waals surface area contributed by atoms with Gasteiger partial charge in [0.1, 0.15) is 5.01 Å². The fraction of sp³-hybridized carbons (Fsp3) is 0.350. The van der Waals surface area contributed by atoms with Crippen LogP contribution in [0.1, 0.15) is 16.6 Å². The summed E-state index contributed by atoms with van der Waals surface area (Å²) in [5.41, 5.74) is 0.993. The summed E-state index contributed by atoms with van der Waals surface area (Å²) < 4.78 is 1.15. The van der Waals surface area contributed by atoms with Gasteiger partial charge in [-0.15, -0.1) is 22.7 Å². The second-order valence-electron chi connectivity index (χ2n) is 6.67. The maximum Gasteiger partial charge on any atom is 0.264 e. The molecule has 3 heterocycles. The second kappa shape index (κ2) is 8.38. The van der Waals surface area contributed by atoms with E-state index in [0.29, 0.717) is 26.2 Å². The highest BCUT2D eigenvalue weighted by molar-refractivity contribution is 7.26. The van der Waals surface area contributed by atoms with E-state index in [-0.39, 0.29) is 11.8 Å². The summed E-state index contributed by atoms with van der Waals surface area (Å²) in [6, 6.07) is 12.0. The third-order valence-electron chi connectivity index (χ3n) is 4.72. The van der Waals surface area contributed by atoms with Gasteiger partial charge in [0.25, 0.3) is 5.91 Å². The number of likely N-dealkylation sites (N-methyl/N-ethyl adjacent to an activating group) is 1. The smallest absolute Gasteiger partial charge is 0.264 e. The highest BCUT2D eigenvalue weighted by Gasteiger charge is 2.24. The van der Waals surface area contributed by atoms with Gasteiger partial charge in [0, 0.05) is 32.7 Å². The van der Waals surface area contributed by atoms with Gasteiger partial charge in [0.15, 0.2) is 0 Å². The summed E-state index contributed by atoms with van der Waals surface area (Å²) >= 11 is 3.15. The van der Waals surface area contributed by atoms with Crippen LogP contribution in [0.5, 0.6) is 0 Å². The SMILES string of the molecule is CCNC(=O)CN1CCN(C(=O)c2ccc(-c3nc4ccccc4s3)s2)CC1. The molecule has 28 heavy (non-hydrogen) atoms. The zero-order valence-electron chi connectivity index (χ0n) is 15.7. The monoisotopic (exact) mass is 414 g/mol. The van der Waals surface area contributed by atoms with Crippen LogP contribution in [0.15, 0.2) is 36.4 Å². The van der Waals surface area contributed by atoms with Crippen LogP contribution in [-0.2, 0) is 4.79 Å². The number of carbonyl (C=O) groups excluding carboxylic acids is 2. The summed E-state index contributed by atoms with van der Waals surface area (Å²) in [5, 5.41) is 3.77. The van der Waals surface area contributed by atoms with Crippen molar-refractivity contribution in [3.05, 3.63) is 41.3 Å². The first-order valence-electron chi connectivity index (χ1n) is 9.38. The zero-order valence-corrected chi connectivity index (χ0v) is 17.3. The molecular formula is C20H22N4O2S2. The van der Waals surface area contributed by atoms with Gasteiger partial charge in [-0.3, -0.25) is 14.5 Å². The number of hydrogen-bond acceptors (Lipinski definition) is 6. The van der Waals surface area contributed by atoms with Crippen LogP contribution in [0.2, 0.25) is 0 Å². The quantitative estimate of drug-likeness (QED) is 0.697. The van der Waals surface area contributed by atoms with Crippen molar-refractivity contribution in [2.24, 2.45) is 0 Å². The Balaban J connectivity index is 1.39. The molecule has 0 unspecified atom stereocenters. The van der Waals surface area contributed by atoms with E-state index >= 15 is 0 Å². The molecule has 3 aromatic rings. The van der Waals surface area contributed by atoms with Crippen molar-refractivity contribution >= 4 is 44.7 Å². The van der Waals surface area contributed by atoms with Gasteiger partial charge in [0.05, 0.1) is 26.5 Å². The van der Waals surface area contributed by atoms with Crippen molar-refractivity contribution in [2.75, 3.05) is 39.3 Å². The molecular weight excluding hydrogens is 392 g/mol. The Kier molecular flexibility index (Phi) is 5.70. The molecule has 0 saturated carbocycles. The Morgan fingerprint density at radius 1 is 1.07 bits per heavy atom. The third-order valence-corrected chi connectivity index (χ3v) is 7.00. The third kappa shape index (κ3) is 4.09. The minimum atomic E-state index is 0.0426. The average molecular weight is 415 g/mol. The van der Waals surface area contributed by atoms with Gasteiger partial charge in [-0.1, -0.05) is 12.1 Å². The highest BCUT2D eigenvalue weighted by Crippen LogP contribution is 2.34. The molecule has 1 fully saturated rings. The van der Waals surface area contributed by atoms with E-state index in [1.165, 1.54) is 11.3 Å². The lowest BCUT2D eigenvalue weighted by Gasteiger charge is -2.34. The van der Waals surface area contributed by atoms with E-state index in [1.54, 1.807) is 11.3 Å². The van der Waals surface area contributed by atoms with Crippen LogP contribution in [-0.4, -0.2) is 65.9 Å². The number of carbonyl (C=O) groups is 2. The first-order chi connectivity index (χ1) is 13.6. The number of thiazole rings is 1. The maximum atomic E-state index is 12.9. The van der Waals surface area contributed by atoms with Crippen molar-refractivity contribution in [1.29, 1.82) is 0 Å². The molecule has 4 rings (SSSR count). The zero-order chi connectivity index (χ0) is 19.5. The van der Waals surface area contributed by atoms with Crippen molar-refractivity contribution in [1.82, 2.24) is 20.1 Å². The van der Waals surface area contributed by atoms with Crippen LogP contribution < -0.4 is 5.32 Å². The number of nitrogens with one attached hydrogen (secondary N) is 1. The van der Waals surface area contributed by atoms with Crippen LogP contribution in [0.3, 0.4) is 0 Å². The molecule has 8 heteroatoms. The molecule has 2 aromatic heterocycles. The van der Waals surface area contributed by atoms with Gasteiger partial charge in [0.2, 0.25) is 5.91 Å². The first kappa shape index (κ1) is 19.0. The standard InChI is InChI=1S/C20H22N4O2S2/c1-2-21-18(25)13-23-9-11-24(12-10-23)20(26)17-8-7-16(27-17)19-22-14-5-3-4-6-15(14)28-19/h3-8H,2,9-13H2,1H3,(H,21,25). The van der Waals surface area contributed by atoms with E-state index in [1.807, 2.05) is 42.2 Å². The first-order valence-corrected chi connectivity index (χ1v) is 11.0. The van der Waals surface area contributed by atoms with E-state index < -0.39 is 0 Å². The number of thiophene rings is 1. The maximum absolute atomic E-state index is 12.9. The minimum absolute atomic E-state index is 0.0426. The average Bonchev–Trinajstić information content (AvgIpc) is 3.35. The number of benzene rings is 1. The van der Waals surface area contributed by atoms with E-state index in [2.05, 4.69) is 21.3 Å². The summed E-state index contributed by atoms with van der Waals surface area (Å²) in [4.78, 5) is 35.0. The van der Waals surface area contributed by atoms with Crippen molar-refractivity contribution < 1.29 is 9.59 Å². The molecule has 2 amide bonds. The van der Waals surface area contributed by atoms with Gasteiger partial charge < -0.3 is 10.2 Å². The predicted molar refractivity (Wildman–Crippen MR) is 114 cm³/mol. The Morgan fingerprint density at radius 2 is 1.86 bits per heavy atom. The molecule has 6 nitrogen and oxygen atoms in total. The Hall–Kier alpha value is -2.29. The normalized spacial score (nSPS) is 15.1. The topological polar surface area (TPSA) is 65.5 Å². The number of amides is 2. The number of rotatable bonds is 5. The number of piperazine rings is 1. The Labute approximate surface area is 171 Å². The van der Waals surface area contributed by atoms with E-state index in [0.717, 1.165) is 38.1 Å². The van der Waals surface area contributed by atoms with E-state index in [9.17, 15) is 9.59 Å². The van der Waals surface area contributed by atoms with Crippen molar-refractivity contribution in [3.8, 4) is 9.88 Å². The summed E-state index contributed by atoms with van der Waals surface area (Å²) in [6.07, 6.45) is 0. The lowest BCUT2D eigenvalue weighted by Crippen LogP contribution is -2.51. The second-order valence-corrected chi connectivity index (χ2v) is 8.79. The molecule has 146 valence electrons. The number of nitrogens with zero attached hydrogens (tertiary/aromatic N) is 3. The van der Waals surface area contributed by atoms with Crippen molar-refractivity contribution in [3.63, 3.8) is 0 Å². The van der Waals surface area contributed by atoms with Gasteiger partial charge in [-0.05, 0) is 31.2 Å². The number of para-hydroxylation sites is 1. The lowest BCUT2D eigenvalue weighted by atomic mass is 10.3. The molecule has 1 aromatic carbocycles. The van der Waals surface area contributed by atoms with Crippen LogP contribution in [0.4, 0.5) is 0 Å². The highest BCUT2D eigenvalue weighted by atomic mass is 32.1. The molecule has 1 saturated heterocycles. The lowest BCUT2D eigenvalue weighted by molar-refractivity contribution is -0.122. The molecule has 1 aliphatic heterocycles. The molecule has 0 bridgehead atoms. The van der Waals surface area contributed by atoms with Gasteiger partial charge >= 0.3 is 0 Å². The van der Waals surface area contributed by atoms with Crippen molar-refractivity contribution in [2.45, 2.75) is 6.92 Å². The number of fused-ring (bicyclic) bond motifs is 1. The van der Waals surface area contributed by atoms with Crippen LogP contribution in [0, 0.1) is 0 Å². The fourth-order valence-electron chi connectivity index (χ4n) is 3.27. The predicted octanol–water partition coefficient (Wildman–Crippen LogP) is 2.92. The molecule has 0 aliphatic carbocycles. The summed E-state index contributed by atoms with van der Waals surface area (Å²) in [5.74, 6) is 0.107. The van der Waals surface area contributed by atoms with Crippen LogP contribution >= 0.6 is 22.7 Å². The van der Waals surface area contributed by atoms with Crippen LogP contribution in [0.25, 0.3) is 20.1 Å². The number of aromatic nitrogens is 1. The van der Waals surface area contributed by atoms with Gasteiger partial charge in [-0.25, -0.2) is 4.98 Å². The summed E-state index contributed by atoms with van der Waals surface area (Å²) in [6.45, 7) is 5.69. The Bertz CT molecular complexity index is 956. The molecule has 0 spiro atoms. The van der Waals surface area contributed by atoms with Gasteiger partial charge in [-0.2, -0.15) is 0 Å². The molecule has 0 radical (unpaired) electrons. The molecule has 1 N–H and O–H groups in total. The number of hydrogen-bond donors (Lipinski definition) is 1. The Morgan fingerprint density at radius 3 is 2.61 bits per heavy atom. The van der Waals surface area contributed by atoms with E-state index in [4.69, 9.17) is 0 Å². The largest absolute Gasteiger partial charge is 0.355 e. The fourth-order valence-corrected chi connectivity index (χ4v) is 5.26.